The molecule has 1 aliphatic carbocycles. The molecule has 0 atom stereocenters. The number of benzene rings is 1. The molecule has 0 bridgehead atoms. The van der Waals surface area contributed by atoms with E-state index in [1.807, 2.05) is 30.3 Å². The van der Waals surface area contributed by atoms with Gasteiger partial charge >= 0.3 is 0 Å². The van der Waals surface area contributed by atoms with Crippen molar-refractivity contribution in [3.63, 3.8) is 0 Å². The van der Waals surface area contributed by atoms with Crippen LogP contribution in [0, 0.1) is 0 Å². The van der Waals surface area contributed by atoms with Crippen molar-refractivity contribution in [1.29, 1.82) is 0 Å². The fourth-order valence-electron chi connectivity index (χ4n) is 3.75. The minimum Gasteiger partial charge on any atom is -0.385 e. The molecule has 7 nitrogen and oxygen atoms in total. The second-order valence-corrected chi connectivity index (χ2v) is 8.93. The number of amides is 3. The highest BCUT2D eigenvalue weighted by molar-refractivity contribution is 7.17. The number of thiophene rings is 1. The summed E-state index contributed by atoms with van der Waals surface area (Å²) in [6, 6.07) is 9.48. The Morgan fingerprint density at radius 3 is 2.56 bits per heavy atom. The van der Waals surface area contributed by atoms with Crippen LogP contribution in [0.3, 0.4) is 0 Å². The molecule has 172 valence electrons. The Balaban J connectivity index is 1.54. The van der Waals surface area contributed by atoms with E-state index in [0.29, 0.717) is 23.7 Å². The zero-order valence-corrected chi connectivity index (χ0v) is 19.3. The third kappa shape index (κ3) is 6.90. The van der Waals surface area contributed by atoms with E-state index in [0.717, 1.165) is 43.2 Å². The molecule has 32 heavy (non-hydrogen) atoms. The van der Waals surface area contributed by atoms with Gasteiger partial charge in [-0.1, -0.05) is 30.3 Å². The number of rotatable bonds is 11. The van der Waals surface area contributed by atoms with Gasteiger partial charge in [0.2, 0.25) is 11.8 Å². The number of methoxy groups -OCH3 is 1. The van der Waals surface area contributed by atoms with E-state index in [-0.39, 0.29) is 37.1 Å². The number of carbonyl (C=O) groups excluding carboxylic acids is 3. The highest BCUT2D eigenvalue weighted by atomic mass is 32.1. The Morgan fingerprint density at radius 2 is 1.78 bits per heavy atom. The molecule has 0 aliphatic heterocycles. The van der Waals surface area contributed by atoms with Gasteiger partial charge in [-0.3, -0.25) is 14.4 Å². The summed E-state index contributed by atoms with van der Waals surface area (Å²) in [5.74, 6) is -0.476. The van der Waals surface area contributed by atoms with Crippen molar-refractivity contribution in [3.05, 3.63) is 51.9 Å². The molecule has 1 heterocycles. The number of hydrogen-bond donors (Lipinski definition) is 3. The number of ether oxygens (including phenoxy) is 1. The lowest BCUT2D eigenvalue weighted by Crippen LogP contribution is -2.29. The molecule has 1 aromatic carbocycles. The van der Waals surface area contributed by atoms with Gasteiger partial charge in [-0.05, 0) is 43.2 Å². The van der Waals surface area contributed by atoms with Crippen LogP contribution in [0.1, 0.15) is 52.0 Å². The summed E-state index contributed by atoms with van der Waals surface area (Å²) >= 11 is 1.50. The monoisotopic (exact) mass is 457 g/mol. The van der Waals surface area contributed by atoms with Gasteiger partial charge < -0.3 is 20.7 Å². The lowest BCUT2D eigenvalue weighted by atomic mass is 9.95. The Morgan fingerprint density at radius 1 is 1.00 bits per heavy atom. The average molecular weight is 458 g/mol. The maximum Gasteiger partial charge on any atom is 0.254 e. The van der Waals surface area contributed by atoms with Crippen LogP contribution in [0.2, 0.25) is 0 Å². The molecule has 3 rings (SSSR count). The zero-order valence-electron chi connectivity index (χ0n) is 18.5. The summed E-state index contributed by atoms with van der Waals surface area (Å²) in [5, 5.41) is 9.26. The number of carbonyl (C=O) groups is 3. The van der Waals surface area contributed by atoms with E-state index in [2.05, 4.69) is 16.0 Å². The Bertz CT molecular complexity index is 927. The lowest BCUT2D eigenvalue weighted by molar-refractivity contribution is -0.120. The molecule has 8 heteroatoms. The first kappa shape index (κ1) is 23.9. The van der Waals surface area contributed by atoms with E-state index in [9.17, 15) is 14.4 Å². The van der Waals surface area contributed by atoms with E-state index in [4.69, 9.17) is 4.74 Å². The predicted molar refractivity (Wildman–Crippen MR) is 126 cm³/mol. The molecule has 0 radical (unpaired) electrons. The largest absolute Gasteiger partial charge is 0.385 e. The number of anilines is 1. The minimum absolute atomic E-state index is 0.119. The van der Waals surface area contributed by atoms with E-state index < -0.39 is 0 Å². The van der Waals surface area contributed by atoms with Crippen molar-refractivity contribution < 1.29 is 19.1 Å². The molecule has 2 aromatic rings. The summed E-state index contributed by atoms with van der Waals surface area (Å²) in [5.41, 5.74) is 2.60. The second-order valence-electron chi connectivity index (χ2n) is 7.83. The first-order valence-corrected chi connectivity index (χ1v) is 11.9. The van der Waals surface area contributed by atoms with Crippen LogP contribution in [0.5, 0.6) is 0 Å². The van der Waals surface area contributed by atoms with Crippen LogP contribution < -0.4 is 16.0 Å². The second kappa shape index (κ2) is 12.4. The van der Waals surface area contributed by atoms with Gasteiger partial charge in [0.1, 0.15) is 5.00 Å². The van der Waals surface area contributed by atoms with Gasteiger partial charge in [0.05, 0.1) is 12.0 Å². The van der Waals surface area contributed by atoms with E-state index >= 15 is 0 Å². The molecular formula is C24H31N3O4S. The molecule has 1 aliphatic rings. The van der Waals surface area contributed by atoms with Crippen molar-refractivity contribution in [1.82, 2.24) is 10.6 Å². The molecule has 0 unspecified atom stereocenters. The quantitative estimate of drug-likeness (QED) is 0.452. The van der Waals surface area contributed by atoms with Crippen LogP contribution in [-0.2, 0) is 33.6 Å². The van der Waals surface area contributed by atoms with Crippen molar-refractivity contribution in [3.8, 4) is 0 Å². The van der Waals surface area contributed by atoms with Gasteiger partial charge in [-0.15, -0.1) is 11.3 Å². The zero-order chi connectivity index (χ0) is 22.8. The maximum absolute atomic E-state index is 12.9. The molecule has 0 fully saturated rings. The van der Waals surface area contributed by atoms with Crippen LogP contribution in [0.4, 0.5) is 5.00 Å². The molecule has 0 saturated carbocycles. The van der Waals surface area contributed by atoms with Crippen molar-refractivity contribution >= 4 is 34.1 Å². The third-order valence-electron chi connectivity index (χ3n) is 5.34. The van der Waals surface area contributed by atoms with Crippen LogP contribution in [0.25, 0.3) is 0 Å². The first-order chi connectivity index (χ1) is 15.6. The van der Waals surface area contributed by atoms with Crippen LogP contribution in [-0.4, -0.2) is 44.5 Å². The molecule has 0 saturated heterocycles. The summed E-state index contributed by atoms with van der Waals surface area (Å²) in [7, 11) is 1.63. The normalized spacial score (nSPS) is 12.7. The minimum atomic E-state index is -0.211. The van der Waals surface area contributed by atoms with Gasteiger partial charge in [-0.25, -0.2) is 0 Å². The van der Waals surface area contributed by atoms with Gasteiger partial charge in [0, 0.05) is 38.1 Å². The van der Waals surface area contributed by atoms with E-state index in [1.54, 1.807) is 7.11 Å². The maximum atomic E-state index is 12.9. The number of nitrogens with one attached hydrogen (secondary N) is 3. The van der Waals surface area contributed by atoms with E-state index in [1.165, 1.54) is 16.2 Å². The molecule has 3 N–H and O–H groups in total. The fraction of sp³-hybridized carbons (Fsp3) is 0.458. The summed E-state index contributed by atoms with van der Waals surface area (Å²) in [6.07, 6.45) is 5.12. The Hall–Kier alpha value is -2.71. The fourth-order valence-corrected chi connectivity index (χ4v) is 5.05. The van der Waals surface area contributed by atoms with Gasteiger partial charge in [-0.2, -0.15) is 0 Å². The molecule has 1 aromatic heterocycles. The molecular weight excluding hydrogens is 426 g/mol. The SMILES string of the molecule is COCCCNC(=O)c1c(NC(=O)CCNC(=O)Cc2ccccc2)sc2c1CCCC2. The smallest absolute Gasteiger partial charge is 0.254 e. The number of aryl methyl sites for hydroxylation is 1. The lowest BCUT2D eigenvalue weighted by Gasteiger charge is -2.13. The van der Waals surface area contributed by atoms with Crippen LogP contribution >= 0.6 is 11.3 Å². The van der Waals surface area contributed by atoms with Gasteiger partial charge in [0.25, 0.3) is 5.91 Å². The Labute approximate surface area is 192 Å². The topological polar surface area (TPSA) is 96.5 Å². The van der Waals surface area contributed by atoms with Crippen LogP contribution in [0.15, 0.2) is 30.3 Å². The van der Waals surface area contributed by atoms with Crippen molar-refractivity contribution in [2.24, 2.45) is 0 Å². The predicted octanol–water partition coefficient (Wildman–Crippen LogP) is 3.08. The average Bonchev–Trinajstić information content (AvgIpc) is 3.15. The number of fused-ring (bicyclic) bond motifs is 1. The number of hydrogen-bond acceptors (Lipinski definition) is 5. The summed E-state index contributed by atoms with van der Waals surface area (Å²) in [6.45, 7) is 1.36. The third-order valence-corrected chi connectivity index (χ3v) is 6.55. The standard InChI is InChI=1S/C24H31N3O4S/c1-31-15-7-13-26-23(30)22-18-10-5-6-11-19(18)32-24(22)27-20(28)12-14-25-21(29)16-17-8-3-2-4-9-17/h2-4,8-9H,5-7,10-16H2,1H3,(H,25,29)(H,26,30)(H,27,28). The highest BCUT2D eigenvalue weighted by Crippen LogP contribution is 2.38. The Kier molecular flexibility index (Phi) is 9.25. The highest BCUT2D eigenvalue weighted by Gasteiger charge is 2.26. The van der Waals surface area contributed by atoms with Crippen molar-refractivity contribution in [2.45, 2.75) is 44.9 Å². The first-order valence-electron chi connectivity index (χ1n) is 11.1. The summed E-state index contributed by atoms with van der Waals surface area (Å²) in [4.78, 5) is 38.7. The molecule has 3 amide bonds. The summed E-state index contributed by atoms with van der Waals surface area (Å²) < 4.78 is 5.03. The molecule has 0 spiro atoms. The van der Waals surface area contributed by atoms with Gasteiger partial charge in [0.15, 0.2) is 0 Å². The van der Waals surface area contributed by atoms with Crippen molar-refractivity contribution in [2.75, 3.05) is 32.1 Å².